The Kier molecular flexibility index (Phi) is 4.71. The van der Waals surface area contributed by atoms with E-state index in [0.29, 0.717) is 11.5 Å². The smallest absolute Gasteiger partial charge is 0.338 e. The molecule has 1 heterocycles. The molecule has 104 valence electrons. The molecule has 4 nitrogen and oxygen atoms in total. The average Bonchev–Trinajstić information content (AvgIpc) is 2.81. The van der Waals surface area contributed by atoms with E-state index in [4.69, 9.17) is 0 Å². The number of benzene rings is 1. The summed E-state index contributed by atoms with van der Waals surface area (Å²) >= 11 is 1.47. The van der Waals surface area contributed by atoms with Crippen LogP contribution in [0.1, 0.15) is 16.8 Å². The molecule has 19 heavy (non-hydrogen) atoms. The third kappa shape index (κ3) is 3.42. The van der Waals surface area contributed by atoms with Crippen molar-refractivity contribution in [3.05, 3.63) is 23.8 Å². The van der Waals surface area contributed by atoms with E-state index < -0.39 is 5.97 Å². The van der Waals surface area contributed by atoms with Crippen molar-refractivity contribution in [1.82, 2.24) is 4.90 Å². The van der Waals surface area contributed by atoms with Gasteiger partial charge in [-0.2, -0.15) is 0 Å². The van der Waals surface area contributed by atoms with Crippen LogP contribution < -0.4 is 5.32 Å². The second-order valence-corrected chi connectivity index (χ2v) is 5.83. The molecule has 1 atom stereocenters. The summed E-state index contributed by atoms with van der Waals surface area (Å²) in [6.45, 7) is 3.04. The molecule has 1 saturated heterocycles. The van der Waals surface area contributed by atoms with E-state index in [2.05, 4.69) is 17.3 Å². The van der Waals surface area contributed by atoms with E-state index in [1.54, 1.807) is 0 Å². The van der Waals surface area contributed by atoms with Gasteiger partial charge in [-0.25, -0.2) is 4.79 Å². The summed E-state index contributed by atoms with van der Waals surface area (Å²) in [7, 11) is 2.12. The van der Waals surface area contributed by atoms with E-state index in [9.17, 15) is 9.90 Å². The molecule has 0 radical (unpaired) electrons. The first-order valence-corrected chi connectivity index (χ1v) is 7.67. The van der Waals surface area contributed by atoms with Crippen molar-refractivity contribution in [2.75, 3.05) is 38.3 Å². The Labute approximate surface area is 118 Å². The highest BCUT2D eigenvalue weighted by Crippen LogP contribution is 2.27. The number of likely N-dealkylation sites (tertiary alicyclic amines) is 1. The molecule has 1 aliphatic rings. The minimum absolute atomic E-state index is 0.390. The number of carboxylic acids is 1. The van der Waals surface area contributed by atoms with Crippen molar-refractivity contribution in [2.45, 2.75) is 11.3 Å². The normalized spacial score (nSPS) is 19.6. The number of hydrogen-bond donors (Lipinski definition) is 2. The lowest BCUT2D eigenvalue weighted by atomic mass is 10.1. The topological polar surface area (TPSA) is 52.6 Å². The predicted molar refractivity (Wildman–Crippen MR) is 79.3 cm³/mol. The van der Waals surface area contributed by atoms with Crippen LogP contribution in [-0.4, -0.2) is 48.9 Å². The number of thioether (sulfide) groups is 1. The lowest BCUT2D eigenvalue weighted by Crippen LogP contribution is -2.20. The fourth-order valence-corrected chi connectivity index (χ4v) is 3.13. The van der Waals surface area contributed by atoms with E-state index in [1.165, 1.54) is 18.2 Å². The maximum atomic E-state index is 11.4. The summed E-state index contributed by atoms with van der Waals surface area (Å²) in [4.78, 5) is 14.5. The zero-order valence-electron chi connectivity index (χ0n) is 11.3. The third-order valence-electron chi connectivity index (χ3n) is 3.53. The number of hydrogen-bond acceptors (Lipinski definition) is 4. The van der Waals surface area contributed by atoms with Gasteiger partial charge in [0.05, 0.1) is 5.56 Å². The van der Waals surface area contributed by atoms with Crippen LogP contribution >= 0.6 is 11.8 Å². The van der Waals surface area contributed by atoms with Crippen LogP contribution in [0.5, 0.6) is 0 Å². The van der Waals surface area contributed by atoms with Gasteiger partial charge in [0.1, 0.15) is 0 Å². The van der Waals surface area contributed by atoms with E-state index in [1.807, 2.05) is 24.5 Å². The minimum Gasteiger partial charge on any atom is -0.478 e. The highest BCUT2D eigenvalue weighted by Gasteiger charge is 2.20. The number of nitrogens with one attached hydrogen (secondary N) is 1. The highest BCUT2D eigenvalue weighted by molar-refractivity contribution is 7.98. The molecule has 1 aromatic rings. The van der Waals surface area contributed by atoms with Gasteiger partial charge in [0.15, 0.2) is 0 Å². The predicted octanol–water partition coefficient (Wildman–Crippen LogP) is 2.47. The van der Waals surface area contributed by atoms with Gasteiger partial charge >= 0.3 is 5.97 Å². The summed E-state index contributed by atoms with van der Waals surface area (Å²) in [6.07, 6.45) is 3.08. The Morgan fingerprint density at radius 3 is 2.95 bits per heavy atom. The molecular weight excluding hydrogens is 260 g/mol. The van der Waals surface area contributed by atoms with Gasteiger partial charge in [-0.1, -0.05) is 6.07 Å². The van der Waals surface area contributed by atoms with Crippen molar-refractivity contribution in [3.8, 4) is 0 Å². The van der Waals surface area contributed by atoms with Gasteiger partial charge in [0.25, 0.3) is 0 Å². The first-order valence-electron chi connectivity index (χ1n) is 6.44. The van der Waals surface area contributed by atoms with E-state index >= 15 is 0 Å². The molecule has 0 bridgehead atoms. The van der Waals surface area contributed by atoms with Crippen molar-refractivity contribution in [3.63, 3.8) is 0 Å². The summed E-state index contributed by atoms with van der Waals surface area (Å²) in [6, 6.07) is 5.60. The Hall–Kier alpha value is -1.20. The van der Waals surface area contributed by atoms with Crippen LogP contribution in [0.3, 0.4) is 0 Å². The number of nitrogens with zero attached hydrogens (tertiary/aromatic N) is 1. The number of anilines is 1. The molecule has 1 unspecified atom stereocenters. The first-order chi connectivity index (χ1) is 9.11. The average molecular weight is 280 g/mol. The molecule has 0 amide bonds. The summed E-state index contributed by atoms with van der Waals surface area (Å²) in [5.41, 5.74) is 1.12. The van der Waals surface area contributed by atoms with Crippen LogP contribution in [-0.2, 0) is 0 Å². The van der Waals surface area contributed by atoms with E-state index in [0.717, 1.165) is 30.2 Å². The SMILES string of the molecule is CSc1cccc(NCC2CCN(C)C2)c1C(=O)O. The molecule has 2 rings (SSSR count). The summed E-state index contributed by atoms with van der Waals surface area (Å²) in [5.74, 6) is -0.263. The second-order valence-electron chi connectivity index (χ2n) is 4.99. The van der Waals surface area contributed by atoms with Gasteiger partial charge in [-0.05, 0) is 44.3 Å². The fraction of sp³-hybridized carbons (Fsp3) is 0.500. The number of rotatable bonds is 5. The van der Waals surface area contributed by atoms with Gasteiger partial charge in [0.2, 0.25) is 0 Å². The van der Waals surface area contributed by atoms with Crippen molar-refractivity contribution >= 4 is 23.4 Å². The summed E-state index contributed by atoms with van der Waals surface area (Å²) in [5, 5.41) is 12.7. The Balaban J connectivity index is 2.09. The number of aromatic carboxylic acids is 1. The first kappa shape index (κ1) is 14.2. The van der Waals surface area contributed by atoms with Crippen LogP contribution in [0, 0.1) is 5.92 Å². The molecule has 1 aliphatic heterocycles. The van der Waals surface area contributed by atoms with Gasteiger partial charge in [-0.3, -0.25) is 0 Å². The van der Waals surface area contributed by atoms with Crippen molar-refractivity contribution < 1.29 is 9.90 Å². The van der Waals surface area contributed by atoms with Crippen molar-refractivity contribution in [2.24, 2.45) is 5.92 Å². The Morgan fingerprint density at radius 1 is 1.58 bits per heavy atom. The molecule has 0 spiro atoms. The van der Waals surface area contributed by atoms with Crippen LogP contribution in [0.2, 0.25) is 0 Å². The number of carbonyl (C=O) groups is 1. The largest absolute Gasteiger partial charge is 0.478 e. The van der Waals surface area contributed by atoms with E-state index in [-0.39, 0.29) is 0 Å². The highest BCUT2D eigenvalue weighted by atomic mass is 32.2. The summed E-state index contributed by atoms with van der Waals surface area (Å²) < 4.78 is 0. The zero-order chi connectivity index (χ0) is 13.8. The lowest BCUT2D eigenvalue weighted by molar-refractivity contribution is 0.0694. The lowest BCUT2D eigenvalue weighted by Gasteiger charge is -2.15. The van der Waals surface area contributed by atoms with Gasteiger partial charge in [-0.15, -0.1) is 11.8 Å². The molecule has 2 N–H and O–H groups in total. The zero-order valence-corrected chi connectivity index (χ0v) is 12.2. The molecule has 0 aromatic heterocycles. The Bertz CT molecular complexity index is 465. The van der Waals surface area contributed by atoms with Crippen LogP contribution in [0.15, 0.2) is 23.1 Å². The molecule has 0 aliphatic carbocycles. The quantitative estimate of drug-likeness (QED) is 0.812. The van der Waals surface area contributed by atoms with Gasteiger partial charge < -0.3 is 15.3 Å². The van der Waals surface area contributed by atoms with Crippen LogP contribution in [0.25, 0.3) is 0 Å². The maximum Gasteiger partial charge on any atom is 0.338 e. The monoisotopic (exact) mass is 280 g/mol. The fourth-order valence-electron chi connectivity index (χ4n) is 2.52. The molecular formula is C14H20N2O2S. The number of carboxylic acid groups (broad SMARTS) is 1. The molecule has 1 fully saturated rings. The molecule has 1 aromatic carbocycles. The van der Waals surface area contributed by atoms with Crippen molar-refractivity contribution in [1.29, 1.82) is 0 Å². The standard InChI is InChI=1S/C14H20N2O2S/c1-16-7-6-10(9-16)8-15-11-4-3-5-12(19-2)13(11)14(17)18/h3-5,10,15H,6-9H2,1-2H3,(H,17,18). The molecule has 0 saturated carbocycles. The van der Waals surface area contributed by atoms with Crippen LogP contribution in [0.4, 0.5) is 5.69 Å². The maximum absolute atomic E-state index is 11.4. The molecule has 5 heteroatoms. The second kappa shape index (κ2) is 6.30. The minimum atomic E-state index is -0.865. The van der Waals surface area contributed by atoms with Gasteiger partial charge in [0, 0.05) is 23.7 Å². The Morgan fingerprint density at radius 2 is 2.37 bits per heavy atom. The third-order valence-corrected chi connectivity index (χ3v) is 4.31.